The molecule has 0 aliphatic heterocycles. The highest BCUT2D eigenvalue weighted by molar-refractivity contribution is 6.43. The third-order valence-electron chi connectivity index (χ3n) is 2.89. The van der Waals surface area contributed by atoms with Gasteiger partial charge in [-0.2, -0.15) is 5.26 Å². The Bertz CT molecular complexity index is 663. The fourth-order valence-electron chi connectivity index (χ4n) is 1.87. The second kappa shape index (κ2) is 7.16. The zero-order valence-electron chi connectivity index (χ0n) is 11.1. The predicted molar refractivity (Wildman–Crippen MR) is 80.1 cm³/mol. The monoisotopic (exact) mass is 322 g/mol. The van der Waals surface area contributed by atoms with Crippen molar-refractivity contribution in [1.82, 2.24) is 4.90 Å². The lowest BCUT2D eigenvalue weighted by Gasteiger charge is -2.21. The molecular formula is C15H12Cl2N2O2. The van der Waals surface area contributed by atoms with Gasteiger partial charge in [0.05, 0.1) is 40.9 Å². The van der Waals surface area contributed by atoms with Crippen molar-refractivity contribution in [3.63, 3.8) is 0 Å². The molecule has 0 spiro atoms. The van der Waals surface area contributed by atoms with Crippen molar-refractivity contribution in [2.75, 3.05) is 6.54 Å². The molecule has 0 radical (unpaired) electrons. The normalized spacial score (nSPS) is 10.1. The maximum Gasteiger partial charge on any atom is 0.255 e. The number of carbonyl (C=O) groups excluding carboxylic acids is 1. The number of rotatable bonds is 5. The van der Waals surface area contributed by atoms with E-state index in [0.717, 1.165) is 0 Å². The van der Waals surface area contributed by atoms with Crippen molar-refractivity contribution in [2.24, 2.45) is 0 Å². The van der Waals surface area contributed by atoms with Crippen LogP contribution in [0.5, 0.6) is 0 Å². The van der Waals surface area contributed by atoms with Gasteiger partial charge in [-0.1, -0.05) is 29.3 Å². The van der Waals surface area contributed by atoms with Crippen LogP contribution in [0.15, 0.2) is 41.0 Å². The first kappa shape index (κ1) is 15.4. The quantitative estimate of drug-likeness (QED) is 0.831. The number of halogens is 2. The van der Waals surface area contributed by atoms with Crippen molar-refractivity contribution in [3.8, 4) is 6.07 Å². The number of nitriles is 1. The van der Waals surface area contributed by atoms with Crippen LogP contribution in [0.3, 0.4) is 0 Å². The highest BCUT2D eigenvalue weighted by atomic mass is 35.5. The van der Waals surface area contributed by atoms with Crippen LogP contribution in [0, 0.1) is 11.3 Å². The largest absolute Gasteiger partial charge is 0.467 e. The van der Waals surface area contributed by atoms with Gasteiger partial charge >= 0.3 is 0 Å². The van der Waals surface area contributed by atoms with E-state index in [0.29, 0.717) is 22.9 Å². The molecule has 6 heteroatoms. The molecule has 21 heavy (non-hydrogen) atoms. The lowest BCUT2D eigenvalue weighted by atomic mass is 10.2. The minimum Gasteiger partial charge on any atom is -0.467 e. The van der Waals surface area contributed by atoms with E-state index in [1.165, 1.54) is 11.2 Å². The molecule has 1 aromatic heterocycles. The van der Waals surface area contributed by atoms with E-state index in [4.69, 9.17) is 32.9 Å². The first-order valence-corrected chi connectivity index (χ1v) is 7.01. The van der Waals surface area contributed by atoms with Crippen LogP contribution in [-0.4, -0.2) is 17.4 Å². The summed E-state index contributed by atoms with van der Waals surface area (Å²) in [6, 6.07) is 10.4. The molecule has 0 saturated carbocycles. The van der Waals surface area contributed by atoms with Gasteiger partial charge < -0.3 is 9.32 Å². The molecular weight excluding hydrogens is 311 g/mol. The van der Waals surface area contributed by atoms with E-state index in [2.05, 4.69) is 0 Å². The van der Waals surface area contributed by atoms with E-state index in [-0.39, 0.29) is 23.9 Å². The van der Waals surface area contributed by atoms with E-state index in [9.17, 15) is 4.79 Å². The van der Waals surface area contributed by atoms with E-state index < -0.39 is 0 Å². The molecule has 0 aliphatic carbocycles. The lowest BCUT2D eigenvalue weighted by molar-refractivity contribution is 0.0735. The molecule has 0 fully saturated rings. The third kappa shape index (κ3) is 3.78. The Morgan fingerprint density at radius 2 is 2.10 bits per heavy atom. The van der Waals surface area contributed by atoms with Gasteiger partial charge in [-0.15, -0.1) is 0 Å². The SMILES string of the molecule is N#CCCN(Cc1ccco1)C(=O)c1cccc(Cl)c1Cl. The third-order valence-corrected chi connectivity index (χ3v) is 3.71. The molecule has 0 unspecified atom stereocenters. The molecule has 1 amide bonds. The molecule has 0 N–H and O–H groups in total. The number of hydrogen-bond donors (Lipinski definition) is 0. The van der Waals surface area contributed by atoms with Gasteiger partial charge in [-0.3, -0.25) is 4.79 Å². The lowest BCUT2D eigenvalue weighted by Crippen LogP contribution is -2.31. The van der Waals surface area contributed by atoms with Crippen molar-refractivity contribution < 1.29 is 9.21 Å². The average molecular weight is 323 g/mol. The second-order valence-corrected chi connectivity index (χ2v) is 5.10. The minimum atomic E-state index is -0.283. The maximum atomic E-state index is 12.6. The van der Waals surface area contributed by atoms with Gasteiger partial charge in [0.2, 0.25) is 0 Å². The zero-order chi connectivity index (χ0) is 15.2. The molecule has 0 saturated heterocycles. The summed E-state index contributed by atoms with van der Waals surface area (Å²) in [4.78, 5) is 14.1. The van der Waals surface area contributed by atoms with Gasteiger partial charge in [0, 0.05) is 6.54 Å². The van der Waals surface area contributed by atoms with Gasteiger partial charge in [-0.05, 0) is 24.3 Å². The number of furan rings is 1. The fraction of sp³-hybridized carbons (Fsp3) is 0.200. The van der Waals surface area contributed by atoms with Crippen molar-refractivity contribution in [1.29, 1.82) is 5.26 Å². The van der Waals surface area contributed by atoms with Crippen molar-refractivity contribution in [3.05, 3.63) is 58.0 Å². The van der Waals surface area contributed by atoms with Crippen LogP contribution >= 0.6 is 23.2 Å². The highest BCUT2D eigenvalue weighted by Crippen LogP contribution is 2.27. The van der Waals surface area contributed by atoms with Crippen LogP contribution < -0.4 is 0 Å². The predicted octanol–water partition coefficient (Wildman–Crippen LogP) is 4.14. The van der Waals surface area contributed by atoms with E-state index in [1.807, 2.05) is 6.07 Å². The molecule has 4 nitrogen and oxygen atoms in total. The first-order valence-electron chi connectivity index (χ1n) is 6.26. The number of carbonyl (C=O) groups is 1. The molecule has 0 aliphatic rings. The summed E-state index contributed by atoms with van der Waals surface area (Å²) in [5.41, 5.74) is 0.314. The summed E-state index contributed by atoms with van der Waals surface area (Å²) >= 11 is 12.0. The topological polar surface area (TPSA) is 57.2 Å². The Morgan fingerprint density at radius 1 is 1.29 bits per heavy atom. The Balaban J connectivity index is 2.25. The van der Waals surface area contributed by atoms with Crippen molar-refractivity contribution in [2.45, 2.75) is 13.0 Å². The molecule has 1 heterocycles. The fourth-order valence-corrected chi connectivity index (χ4v) is 2.25. The first-order chi connectivity index (χ1) is 10.1. The summed E-state index contributed by atoms with van der Waals surface area (Å²) in [6.07, 6.45) is 1.76. The van der Waals surface area contributed by atoms with Gasteiger partial charge in [0.25, 0.3) is 5.91 Å². The average Bonchev–Trinajstić information content (AvgIpc) is 2.98. The number of amides is 1. The van der Waals surface area contributed by atoms with E-state index >= 15 is 0 Å². The molecule has 2 aromatic rings. The Morgan fingerprint density at radius 3 is 2.76 bits per heavy atom. The van der Waals surface area contributed by atoms with Crippen LogP contribution in [0.2, 0.25) is 10.0 Å². The summed E-state index contributed by atoms with van der Waals surface area (Å²) in [5, 5.41) is 9.27. The van der Waals surface area contributed by atoms with Crippen molar-refractivity contribution >= 4 is 29.1 Å². The number of benzene rings is 1. The van der Waals surface area contributed by atoms with Crippen LogP contribution in [0.1, 0.15) is 22.5 Å². The summed E-state index contributed by atoms with van der Waals surface area (Å²) in [7, 11) is 0. The van der Waals surface area contributed by atoms with Crippen LogP contribution in [0.4, 0.5) is 0 Å². The smallest absolute Gasteiger partial charge is 0.255 e. The Hall–Kier alpha value is -1.96. The Labute approximate surface area is 132 Å². The summed E-state index contributed by atoms with van der Waals surface area (Å²) < 4.78 is 5.25. The highest BCUT2D eigenvalue weighted by Gasteiger charge is 2.20. The molecule has 0 bridgehead atoms. The van der Waals surface area contributed by atoms with Crippen LogP contribution in [0.25, 0.3) is 0 Å². The summed E-state index contributed by atoms with van der Waals surface area (Å²) in [6.45, 7) is 0.565. The molecule has 108 valence electrons. The summed E-state index contributed by atoms with van der Waals surface area (Å²) in [5.74, 6) is 0.355. The van der Waals surface area contributed by atoms with Gasteiger partial charge in [0.15, 0.2) is 0 Å². The molecule has 1 aromatic carbocycles. The van der Waals surface area contributed by atoms with Gasteiger partial charge in [0.1, 0.15) is 5.76 Å². The molecule has 0 atom stereocenters. The minimum absolute atomic E-state index is 0.213. The second-order valence-electron chi connectivity index (χ2n) is 4.32. The maximum absolute atomic E-state index is 12.6. The van der Waals surface area contributed by atoms with E-state index in [1.54, 1.807) is 30.3 Å². The number of nitrogens with zero attached hydrogens (tertiary/aromatic N) is 2. The Kier molecular flexibility index (Phi) is 5.26. The standard InChI is InChI=1S/C15H12Cl2N2O2/c16-13-6-1-5-12(14(13)17)15(20)19(8-3-7-18)10-11-4-2-9-21-11/h1-2,4-6,9H,3,8,10H2. The molecule has 2 rings (SSSR count). The number of hydrogen-bond acceptors (Lipinski definition) is 3. The zero-order valence-corrected chi connectivity index (χ0v) is 12.6. The van der Waals surface area contributed by atoms with Crippen LogP contribution in [-0.2, 0) is 6.54 Å². The van der Waals surface area contributed by atoms with Gasteiger partial charge in [-0.25, -0.2) is 0 Å².